The first-order valence-electron chi connectivity index (χ1n) is 3.91. The zero-order valence-corrected chi connectivity index (χ0v) is 9.18. The van der Waals surface area contributed by atoms with Crippen LogP contribution in [0.2, 0.25) is 0 Å². The summed E-state index contributed by atoms with van der Waals surface area (Å²) >= 11 is 0. The van der Waals surface area contributed by atoms with Crippen molar-refractivity contribution in [3.05, 3.63) is 25.3 Å². The first-order chi connectivity index (χ1) is 7.60. The zero-order valence-electron chi connectivity index (χ0n) is 8.29. The van der Waals surface area contributed by atoms with Crippen LogP contribution < -0.4 is 0 Å². The van der Waals surface area contributed by atoms with E-state index >= 15 is 0 Å². The fraction of sp³-hybridized carbons (Fsp3) is 0.250. The molecule has 0 atom stereocenters. The Bertz CT molecular complexity index is 271. The summed E-state index contributed by atoms with van der Waals surface area (Å²) < 4.78 is 28.4. The van der Waals surface area contributed by atoms with Crippen LogP contribution in [0.1, 0.15) is 0 Å². The average molecular weight is 249 g/mol. The maximum atomic E-state index is 10.9. The smallest absolute Gasteiger partial charge is 0.430 e. The highest BCUT2D eigenvalue weighted by molar-refractivity contribution is 7.33. The second-order valence-corrected chi connectivity index (χ2v) is 3.02. The van der Waals surface area contributed by atoms with Gasteiger partial charge in [0, 0.05) is 16.7 Å². The minimum absolute atomic E-state index is 0.546. The first-order valence-corrected chi connectivity index (χ1v) is 5.01. The molecule has 0 N–H and O–H groups in total. The van der Waals surface area contributed by atoms with Crippen molar-refractivity contribution < 1.29 is 32.7 Å². The molecule has 16 heavy (non-hydrogen) atoms. The third-order valence-corrected chi connectivity index (χ3v) is 1.68. The number of esters is 2. The molecule has 0 saturated carbocycles. The summed E-state index contributed by atoms with van der Waals surface area (Å²) in [4.78, 5) is 21.0. The predicted octanol–water partition coefficient (Wildman–Crippen LogP) is 1.05. The Labute approximate surface area is 92.6 Å². The fourth-order valence-corrected chi connectivity index (χ4v) is 0.762. The highest BCUT2D eigenvalue weighted by Gasteiger charge is 2.21. The van der Waals surface area contributed by atoms with E-state index in [0.29, 0.717) is 0 Å². The highest BCUT2D eigenvalue weighted by Crippen LogP contribution is 2.23. The van der Waals surface area contributed by atoms with Crippen LogP contribution in [0.3, 0.4) is 0 Å². The Balaban J connectivity index is 3.52. The van der Waals surface area contributed by atoms with Gasteiger partial charge in [-0.1, -0.05) is 22.2 Å². The topological polar surface area (TPSA) is 88.1 Å². The number of carbonyl (C=O) groups is 2. The maximum Gasteiger partial charge on any atom is 0.704 e. The number of hydrogen-bond acceptors (Lipinski definition) is 7. The molecule has 0 unspecified atom stereocenters. The normalized spacial score (nSPS) is 9.00. The van der Waals surface area contributed by atoms with Crippen LogP contribution in [-0.2, 0) is 32.7 Å². The summed E-state index contributed by atoms with van der Waals surface area (Å²) in [7, 11) is -2.52. The van der Waals surface area contributed by atoms with Gasteiger partial charge in [0.2, 0.25) is 13.6 Å². The van der Waals surface area contributed by atoms with Crippen molar-refractivity contribution in [3.63, 3.8) is 0 Å². The molecular weight excluding hydrogens is 239 g/mol. The Morgan fingerprint density at radius 2 is 1.38 bits per heavy atom. The molecule has 0 heterocycles. The quantitative estimate of drug-likeness (QED) is 0.275. The van der Waals surface area contributed by atoms with E-state index in [0.717, 1.165) is 12.2 Å². The molecule has 0 aromatic carbocycles. The van der Waals surface area contributed by atoms with Crippen molar-refractivity contribution in [2.45, 2.75) is 0 Å². The van der Waals surface area contributed by atoms with Gasteiger partial charge in [0.25, 0.3) is 0 Å². The highest BCUT2D eigenvalue weighted by atomic mass is 31.1. The molecule has 0 radical (unpaired) electrons. The molecule has 0 bridgehead atoms. The molecule has 0 saturated heterocycles. The molecule has 0 fully saturated rings. The van der Waals surface area contributed by atoms with Crippen molar-refractivity contribution in [1.82, 2.24) is 0 Å². The lowest BCUT2D eigenvalue weighted by Gasteiger charge is -1.95. The third-order valence-electron chi connectivity index (χ3n) is 1.05. The molecule has 0 aliphatic heterocycles. The van der Waals surface area contributed by atoms with Gasteiger partial charge in [-0.25, -0.2) is 9.59 Å². The average Bonchev–Trinajstić information content (AvgIpc) is 2.28. The summed E-state index contributed by atoms with van der Waals surface area (Å²) in [5, 5.41) is 0. The van der Waals surface area contributed by atoms with Crippen LogP contribution in [-0.4, -0.2) is 25.5 Å². The standard InChI is InChI=1S/C8H10O7P/c1-3-7(9)12-5-14-16(11)15-6-13-8(10)4-2/h3-4H,1-2,5-6H2/q+1. The zero-order chi connectivity index (χ0) is 12.4. The monoisotopic (exact) mass is 249 g/mol. The molecule has 0 aromatic heterocycles. The summed E-state index contributed by atoms with van der Waals surface area (Å²) in [6, 6.07) is 0. The Morgan fingerprint density at radius 1 is 1.00 bits per heavy atom. The van der Waals surface area contributed by atoms with Gasteiger partial charge in [-0.3, -0.25) is 0 Å². The van der Waals surface area contributed by atoms with E-state index in [9.17, 15) is 14.2 Å². The van der Waals surface area contributed by atoms with Crippen LogP contribution in [0.25, 0.3) is 0 Å². The van der Waals surface area contributed by atoms with Crippen molar-refractivity contribution in [3.8, 4) is 0 Å². The second kappa shape index (κ2) is 8.72. The van der Waals surface area contributed by atoms with E-state index in [1.165, 1.54) is 0 Å². The van der Waals surface area contributed by atoms with Gasteiger partial charge < -0.3 is 9.47 Å². The third kappa shape index (κ3) is 7.81. The lowest BCUT2D eigenvalue weighted by molar-refractivity contribution is -0.145. The number of hydrogen-bond donors (Lipinski definition) is 0. The Kier molecular flexibility index (Phi) is 7.87. The van der Waals surface area contributed by atoms with Crippen molar-refractivity contribution >= 4 is 20.2 Å². The van der Waals surface area contributed by atoms with E-state index in [2.05, 4.69) is 31.7 Å². The molecule has 0 aromatic rings. The molecule has 0 amide bonds. The minimum atomic E-state index is -2.52. The predicted molar refractivity (Wildman–Crippen MR) is 52.1 cm³/mol. The summed E-state index contributed by atoms with van der Waals surface area (Å²) in [6.07, 6.45) is 1.84. The molecule has 0 aliphatic rings. The molecule has 88 valence electrons. The summed E-state index contributed by atoms with van der Waals surface area (Å²) in [5.41, 5.74) is 0. The summed E-state index contributed by atoms with van der Waals surface area (Å²) in [5.74, 6) is -1.44. The van der Waals surface area contributed by atoms with E-state index in [1.54, 1.807) is 0 Å². The van der Waals surface area contributed by atoms with Crippen LogP contribution in [0, 0.1) is 0 Å². The lowest BCUT2D eigenvalue weighted by atomic mass is 10.7. The van der Waals surface area contributed by atoms with Gasteiger partial charge in [0.15, 0.2) is 0 Å². The van der Waals surface area contributed by atoms with Gasteiger partial charge in [0.05, 0.1) is 0 Å². The van der Waals surface area contributed by atoms with Crippen molar-refractivity contribution in [1.29, 1.82) is 0 Å². The van der Waals surface area contributed by atoms with Crippen molar-refractivity contribution in [2.24, 2.45) is 0 Å². The molecule has 0 spiro atoms. The van der Waals surface area contributed by atoms with Crippen LogP contribution in [0.15, 0.2) is 25.3 Å². The molecule has 0 rings (SSSR count). The van der Waals surface area contributed by atoms with Gasteiger partial charge in [-0.2, -0.15) is 0 Å². The number of ether oxygens (including phenoxy) is 2. The van der Waals surface area contributed by atoms with Crippen LogP contribution >= 0.6 is 8.25 Å². The van der Waals surface area contributed by atoms with Crippen molar-refractivity contribution in [2.75, 3.05) is 13.6 Å². The second-order valence-electron chi connectivity index (χ2n) is 2.05. The minimum Gasteiger partial charge on any atom is -0.430 e. The lowest BCUT2D eigenvalue weighted by Crippen LogP contribution is -2.05. The number of carbonyl (C=O) groups excluding carboxylic acids is 2. The van der Waals surface area contributed by atoms with E-state index in [-0.39, 0.29) is 0 Å². The van der Waals surface area contributed by atoms with E-state index in [4.69, 9.17) is 0 Å². The van der Waals surface area contributed by atoms with Gasteiger partial charge in [-0.15, -0.1) is 0 Å². The molecule has 8 heteroatoms. The largest absolute Gasteiger partial charge is 0.704 e. The van der Waals surface area contributed by atoms with Gasteiger partial charge in [-0.05, 0) is 0 Å². The van der Waals surface area contributed by atoms with E-state index < -0.39 is 33.8 Å². The number of rotatable bonds is 8. The summed E-state index contributed by atoms with van der Waals surface area (Å²) in [6.45, 7) is 5.18. The van der Waals surface area contributed by atoms with E-state index in [1.807, 2.05) is 0 Å². The van der Waals surface area contributed by atoms with Gasteiger partial charge in [0.1, 0.15) is 0 Å². The van der Waals surface area contributed by atoms with Crippen LogP contribution in [0.4, 0.5) is 0 Å². The Hall–Kier alpha value is -1.56. The first kappa shape index (κ1) is 14.4. The maximum absolute atomic E-state index is 10.9. The molecule has 7 nitrogen and oxygen atoms in total. The van der Waals surface area contributed by atoms with Gasteiger partial charge >= 0.3 is 20.2 Å². The van der Waals surface area contributed by atoms with Crippen LogP contribution in [0.5, 0.6) is 0 Å². The molecule has 0 aliphatic carbocycles. The SMILES string of the molecule is C=CC(=O)OCO[P+](=O)OCOC(=O)C=C. The molecular formula is C8H10O7P+. The Morgan fingerprint density at radius 3 is 1.69 bits per heavy atom. The fourth-order valence-electron chi connectivity index (χ4n) is 0.410.